The van der Waals surface area contributed by atoms with E-state index in [1.54, 1.807) is 0 Å². The number of benzene rings is 1. The zero-order valence-electron chi connectivity index (χ0n) is 13.2. The van der Waals surface area contributed by atoms with Crippen molar-refractivity contribution in [3.05, 3.63) is 45.8 Å². The molecule has 0 unspecified atom stereocenters. The molecule has 0 aliphatic carbocycles. The molecule has 25 heavy (non-hydrogen) atoms. The Morgan fingerprint density at radius 3 is 2.88 bits per heavy atom. The van der Waals surface area contributed by atoms with E-state index in [9.17, 15) is 13.2 Å². The Balaban J connectivity index is 1.44. The zero-order chi connectivity index (χ0) is 17.9. The van der Waals surface area contributed by atoms with Gasteiger partial charge in [0.25, 0.3) is 10.0 Å². The van der Waals surface area contributed by atoms with Gasteiger partial charge in [0.2, 0.25) is 5.91 Å². The lowest BCUT2D eigenvalue weighted by molar-refractivity contribution is -0.119. The van der Waals surface area contributed by atoms with Gasteiger partial charge in [-0.25, -0.2) is 13.1 Å². The minimum atomic E-state index is -3.71. The van der Waals surface area contributed by atoms with Crippen LogP contribution in [0.2, 0.25) is 4.34 Å². The Morgan fingerprint density at radius 1 is 1.28 bits per heavy atom. The van der Waals surface area contributed by atoms with Gasteiger partial charge in [0.1, 0.15) is 9.96 Å². The van der Waals surface area contributed by atoms with Crippen LogP contribution >= 0.6 is 22.9 Å². The maximum absolute atomic E-state index is 12.0. The number of nitrogens with one attached hydrogen (secondary N) is 2. The van der Waals surface area contributed by atoms with Gasteiger partial charge in [-0.2, -0.15) is 0 Å². The molecule has 1 amide bonds. The number of fused-ring (bicyclic) bond motifs is 1. The first-order valence-electron chi connectivity index (χ1n) is 7.70. The van der Waals surface area contributed by atoms with Crippen LogP contribution in [0.5, 0.6) is 5.75 Å². The Bertz CT molecular complexity index is 880. The quantitative estimate of drug-likeness (QED) is 0.744. The van der Waals surface area contributed by atoms with E-state index >= 15 is 0 Å². The molecule has 0 fully saturated rings. The maximum Gasteiger partial charge on any atom is 0.250 e. The largest absolute Gasteiger partial charge is 0.493 e. The number of halogens is 1. The molecule has 0 saturated carbocycles. The smallest absolute Gasteiger partial charge is 0.250 e. The molecular formula is C16H17ClN2O4S2. The Morgan fingerprint density at radius 2 is 2.12 bits per heavy atom. The summed E-state index contributed by atoms with van der Waals surface area (Å²) in [5.74, 6) is 0.548. The van der Waals surface area contributed by atoms with Crippen molar-refractivity contribution in [1.82, 2.24) is 10.0 Å². The van der Waals surface area contributed by atoms with Crippen LogP contribution in [-0.2, 0) is 27.7 Å². The summed E-state index contributed by atoms with van der Waals surface area (Å²) in [5, 5.41) is 2.71. The fourth-order valence-corrected chi connectivity index (χ4v) is 4.99. The lowest BCUT2D eigenvalue weighted by Crippen LogP contribution is -2.37. The van der Waals surface area contributed by atoms with Crippen LogP contribution in [-0.4, -0.2) is 34.0 Å². The zero-order valence-corrected chi connectivity index (χ0v) is 15.6. The molecule has 0 bridgehead atoms. The standard InChI is InChI=1S/C16H17ClN2O4S2/c17-14-3-4-16(24-14)25(21,22)19-10-15(20)18-7-5-11-1-2-13-12(9-11)6-8-23-13/h1-4,9,19H,5-8,10H2,(H,18,20). The average molecular weight is 401 g/mol. The highest BCUT2D eigenvalue weighted by Crippen LogP contribution is 2.26. The predicted octanol–water partition coefficient (Wildman–Crippen LogP) is 1.97. The molecule has 9 heteroatoms. The molecule has 3 rings (SSSR count). The van der Waals surface area contributed by atoms with Gasteiger partial charge in [0.15, 0.2) is 0 Å². The summed E-state index contributed by atoms with van der Waals surface area (Å²) in [4.78, 5) is 11.8. The number of ether oxygens (including phenoxy) is 1. The number of rotatable bonds is 7. The maximum atomic E-state index is 12.0. The third kappa shape index (κ3) is 4.72. The lowest BCUT2D eigenvalue weighted by Gasteiger charge is -2.08. The van der Waals surface area contributed by atoms with Crippen LogP contribution in [0.3, 0.4) is 0 Å². The first-order chi connectivity index (χ1) is 11.9. The Kier molecular flexibility index (Phi) is 5.63. The van der Waals surface area contributed by atoms with Crippen LogP contribution in [0.1, 0.15) is 11.1 Å². The van der Waals surface area contributed by atoms with E-state index in [4.69, 9.17) is 16.3 Å². The van der Waals surface area contributed by atoms with E-state index in [0.717, 1.165) is 29.1 Å². The molecule has 2 N–H and O–H groups in total. The van der Waals surface area contributed by atoms with E-state index < -0.39 is 10.0 Å². The fourth-order valence-electron chi connectivity index (χ4n) is 2.48. The first-order valence-corrected chi connectivity index (χ1v) is 10.4. The third-order valence-corrected chi connectivity index (χ3v) is 6.85. The van der Waals surface area contributed by atoms with Crippen LogP contribution in [0.25, 0.3) is 0 Å². The highest BCUT2D eigenvalue weighted by molar-refractivity contribution is 7.91. The van der Waals surface area contributed by atoms with Gasteiger partial charge < -0.3 is 10.1 Å². The van der Waals surface area contributed by atoms with E-state index in [-0.39, 0.29) is 16.7 Å². The van der Waals surface area contributed by atoms with Gasteiger partial charge >= 0.3 is 0 Å². The van der Waals surface area contributed by atoms with Gasteiger partial charge in [-0.15, -0.1) is 11.3 Å². The molecule has 0 atom stereocenters. The summed E-state index contributed by atoms with van der Waals surface area (Å²) in [7, 11) is -3.71. The number of carbonyl (C=O) groups is 1. The minimum absolute atomic E-state index is 0.0886. The predicted molar refractivity (Wildman–Crippen MR) is 96.9 cm³/mol. The van der Waals surface area contributed by atoms with Crippen molar-refractivity contribution in [3.8, 4) is 5.75 Å². The first kappa shape index (κ1) is 18.2. The fraction of sp³-hybridized carbons (Fsp3) is 0.312. The molecule has 0 spiro atoms. The molecule has 2 aromatic rings. The van der Waals surface area contributed by atoms with E-state index in [2.05, 4.69) is 16.1 Å². The van der Waals surface area contributed by atoms with Gasteiger partial charge in [0, 0.05) is 13.0 Å². The molecule has 1 aliphatic heterocycles. The summed E-state index contributed by atoms with van der Waals surface area (Å²) in [6.07, 6.45) is 1.58. The van der Waals surface area contributed by atoms with Crippen LogP contribution in [0.4, 0.5) is 0 Å². The topological polar surface area (TPSA) is 84.5 Å². The number of amides is 1. The summed E-state index contributed by atoms with van der Waals surface area (Å²) >= 11 is 6.67. The van der Waals surface area contributed by atoms with Gasteiger partial charge in [-0.3, -0.25) is 4.79 Å². The molecule has 134 valence electrons. The summed E-state index contributed by atoms with van der Waals surface area (Å²) in [6.45, 7) is 0.839. The Labute approximate surface area is 155 Å². The van der Waals surface area contributed by atoms with E-state index in [0.29, 0.717) is 23.9 Å². The number of hydrogen-bond donors (Lipinski definition) is 2. The van der Waals surface area contributed by atoms with Crippen molar-refractivity contribution in [3.63, 3.8) is 0 Å². The molecule has 0 radical (unpaired) electrons. The van der Waals surface area contributed by atoms with Crippen molar-refractivity contribution >= 4 is 38.9 Å². The summed E-state index contributed by atoms with van der Waals surface area (Å²) in [5.41, 5.74) is 2.30. The highest BCUT2D eigenvalue weighted by Gasteiger charge is 2.17. The van der Waals surface area contributed by atoms with Crippen molar-refractivity contribution in [2.45, 2.75) is 17.1 Å². The van der Waals surface area contributed by atoms with E-state index in [1.807, 2.05) is 12.1 Å². The van der Waals surface area contributed by atoms with Crippen LogP contribution in [0.15, 0.2) is 34.5 Å². The highest BCUT2D eigenvalue weighted by atomic mass is 35.5. The van der Waals surface area contributed by atoms with Crippen molar-refractivity contribution < 1.29 is 17.9 Å². The monoisotopic (exact) mass is 400 g/mol. The number of hydrogen-bond acceptors (Lipinski definition) is 5. The van der Waals surface area contributed by atoms with E-state index in [1.165, 1.54) is 17.7 Å². The summed E-state index contributed by atoms with van der Waals surface area (Å²) < 4.78 is 32.2. The molecular weight excluding hydrogens is 384 g/mol. The third-order valence-electron chi connectivity index (χ3n) is 3.73. The Hall–Kier alpha value is -1.61. The summed E-state index contributed by atoms with van der Waals surface area (Å²) in [6, 6.07) is 8.91. The molecule has 0 saturated heterocycles. The second-order valence-electron chi connectivity index (χ2n) is 5.52. The van der Waals surface area contributed by atoms with Crippen LogP contribution < -0.4 is 14.8 Å². The van der Waals surface area contributed by atoms with Crippen molar-refractivity contribution in [2.75, 3.05) is 19.7 Å². The van der Waals surface area contributed by atoms with Crippen molar-refractivity contribution in [1.29, 1.82) is 0 Å². The second kappa shape index (κ2) is 7.74. The number of sulfonamides is 1. The SMILES string of the molecule is O=C(CNS(=O)(=O)c1ccc(Cl)s1)NCCc1ccc2c(c1)CCO2. The molecule has 1 aromatic carbocycles. The van der Waals surface area contributed by atoms with Gasteiger partial charge in [-0.05, 0) is 35.7 Å². The average Bonchev–Trinajstić information content (AvgIpc) is 3.21. The number of carbonyl (C=O) groups excluding carboxylic acids is 1. The molecule has 1 aliphatic rings. The van der Waals surface area contributed by atoms with Crippen molar-refractivity contribution in [2.24, 2.45) is 0 Å². The van der Waals surface area contributed by atoms with Gasteiger partial charge in [0.05, 0.1) is 17.5 Å². The van der Waals surface area contributed by atoms with Gasteiger partial charge in [-0.1, -0.05) is 23.7 Å². The second-order valence-corrected chi connectivity index (χ2v) is 9.23. The molecule has 1 aromatic heterocycles. The number of thiophene rings is 1. The molecule has 6 nitrogen and oxygen atoms in total. The lowest BCUT2D eigenvalue weighted by atomic mass is 10.1. The van der Waals surface area contributed by atoms with Crippen LogP contribution in [0, 0.1) is 0 Å². The molecule has 2 heterocycles. The minimum Gasteiger partial charge on any atom is -0.493 e. The normalized spacial score (nSPS) is 13.3.